The average Bonchev–Trinajstić information content (AvgIpc) is 2.81. The van der Waals surface area contributed by atoms with Gasteiger partial charge in [-0.1, -0.05) is 36.5 Å². The fourth-order valence-corrected chi connectivity index (χ4v) is 2.82. The Labute approximate surface area is 112 Å². The Hall–Kier alpha value is -1.26. The first-order chi connectivity index (χ1) is 8.52. The molecule has 0 aliphatic heterocycles. The maximum atomic E-state index is 10.5. The van der Waals surface area contributed by atoms with Gasteiger partial charge in [0, 0.05) is 0 Å². The Balaban J connectivity index is 2.45. The molecule has 0 bridgehead atoms. The van der Waals surface area contributed by atoms with E-state index in [-0.39, 0.29) is 5.92 Å². The lowest BCUT2D eigenvalue weighted by Crippen LogP contribution is -2.05. The van der Waals surface area contributed by atoms with E-state index in [2.05, 4.69) is 36.4 Å². The summed E-state index contributed by atoms with van der Waals surface area (Å²) in [6.45, 7) is 8.23. The van der Waals surface area contributed by atoms with Gasteiger partial charge in [0.25, 0.3) is 0 Å². The van der Waals surface area contributed by atoms with Gasteiger partial charge in [-0.15, -0.1) is 5.10 Å². The van der Waals surface area contributed by atoms with Crippen LogP contribution in [-0.2, 0) is 0 Å². The first-order valence-corrected chi connectivity index (χ1v) is 6.86. The fourth-order valence-electron chi connectivity index (χ4n) is 2.01. The number of aliphatic hydroxyl groups is 1. The molecule has 3 nitrogen and oxygen atoms in total. The summed E-state index contributed by atoms with van der Waals surface area (Å²) in [5.41, 5.74) is 4.17. The van der Waals surface area contributed by atoms with Crippen LogP contribution in [0.15, 0.2) is 18.2 Å². The van der Waals surface area contributed by atoms with Crippen molar-refractivity contribution in [3.05, 3.63) is 45.5 Å². The van der Waals surface area contributed by atoms with Crippen LogP contribution < -0.4 is 0 Å². The van der Waals surface area contributed by atoms with Gasteiger partial charge in [-0.2, -0.15) is 0 Å². The molecule has 18 heavy (non-hydrogen) atoms. The molecule has 0 spiro atoms. The maximum absolute atomic E-state index is 10.5. The van der Waals surface area contributed by atoms with E-state index in [1.807, 2.05) is 19.1 Å². The standard InChI is InChI=1S/C14H18N2OS/c1-8(2)12-14(18-16-15-12)13(17)11-7-5-6-9(3)10(11)4/h5-8,13,17H,1-4H3. The number of hydrogen-bond acceptors (Lipinski definition) is 4. The highest BCUT2D eigenvalue weighted by molar-refractivity contribution is 7.05. The van der Waals surface area contributed by atoms with Gasteiger partial charge >= 0.3 is 0 Å². The Morgan fingerprint density at radius 3 is 2.61 bits per heavy atom. The van der Waals surface area contributed by atoms with Crippen LogP contribution in [0.5, 0.6) is 0 Å². The molecule has 1 unspecified atom stereocenters. The summed E-state index contributed by atoms with van der Waals surface area (Å²) < 4.78 is 3.97. The monoisotopic (exact) mass is 262 g/mol. The number of aliphatic hydroxyl groups excluding tert-OH is 1. The molecular formula is C14H18N2OS. The number of rotatable bonds is 3. The van der Waals surface area contributed by atoms with Crippen LogP contribution in [0.3, 0.4) is 0 Å². The Kier molecular flexibility index (Phi) is 3.78. The van der Waals surface area contributed by atoms with Crippen molar-refractivity contribution >= 4 is 11.5 Å². The van der Waals surface area contributed by atoms with Crippen molar-refractivity contribution in [1.82, 2.24) is 9.59 Å². The van der Waals surface area contributed by atoms with Crippen molar-refractivity contribution in [2.75, 3.05) is 0 Å². The predicted molar refractivity (Wildman–Crippen MR) is 74.0 cm³/mol. The second-order valence-corrected chi connectivity index (χ2v) is 5.65. The normalized spacial score (nSPS) is 13.0. The Morgan fingerprint density at radius 1 is 1.22 bits per heavy atom. The number of aromatic nitrogens is 2. The summed E-state index contributed by atoms with van der Waals surface area (Å²) in [5, 5.41) is 14.7. The molecule has 2 aromatic rings. The zero-order chi connectivity index (χ0) is 13.3. The molecule has 1 aromatic carbocycles. The third kappa shape index (κ3) is 2.31. The smallest absolute Gasteiger partial charge is 0.117 e. The predicted octanol–water partition coefficient (Wildman–Crippen LogP) is 3.36. The SMILES string of the molecule is Cc1cccc(C(O)c2snnc2C(C)C)c1C. The molecule has 0 amide bonds. The summed E-state index contributed by atoms with van der Waals surface area (Å²) in [7, 11) is 0. The van der Waals surface area contributed by atoms with E-state index in [0.717, 1.165) is 21.7 Å². The van der Waals surface area contributed by atoms with Crippen molar-refractivity contribution in [3.8, 4) is 0 Å². The molecule has 0 radical (unpaired) electrons. The summed E-state index contributed by atoms with van der Waals surface area (Å²) >= 11 is 1.28. The minimum atomic E-state index is -0.623. The number of benzene rings is 1. The highest BCUT2D eigenvalue weighted by Crippen LogP contribution is 2.32. The lowest BCUT2D eigenvalue weighted by atomic mass is 9.96. The highest BCUT2D eigenvalue weighted by atomic mass is 32.1. The molecule has 96 valence electrons. The fraction of sp³-hybridized carbons (Fsp3) is 0.429. The van der Waals surface area contributed by atoms with E-state index in [0.29, 0.717) is 0 Å². The molecule has 0 fully saturated rings. The molecule has 0 aliphatic carbocycles. The first-order valence-electron chi connectivity index (χ1n) is 6.08. The number of hydrogen-bond donors (Lipinski definition) is 1. The molecule has 0 saturated heterocycles. The zero-order valence-electron chi connectivity index (χ0n) is 11.1. The molecule has 2 rings (SSSR count). The van der Waals surface area contributed by atoms with E-state index in [9.17, 15) is 5.11 Å². The average molecular weight is 262 g/mol. The van der Waals surface area contributed by atoms with Gasteiger partial charge < -0.3 is 5.11 Å². The van der Waals surface area contributed by atoms with E-state index in [1.165, 1.54) is 17.1 Å². The third-order valence-electron chi connectivity index (χ3n) is 3.28. The molecular weight excluding hydrogens is 244 g/mol. The second-order valence-electron chi connectivity index (χ2n) is 4.87. The van der Waals surface area contributed by atoms with Crippen LogP contribution >= 0.6 is 11.5 Å². The van der Waals surface area contributed by atoms with E-state index in [4.69, 9.17) is 0 Å². The van der Waals surface area contributed by atoms with Gasteiger partial charge in [0.1, 0.15) is 6.10 Å². The molecule has 1 aromatic heterocycles. The van der Waals surface area contributed by atoms with E-state index in [1.54, 1.807) is 0 Å². The maximum Gasteiger partial charge on any atom is 0.117 e. The van der Waals surface area contributed by atoms with Crippen molar-refractivity contribution in [2.45, 2.75) is 39.7 Å². The largest absolute Gasteiger partial charge is 0.383 e. The van der Waals surface area contributed by atoms with Crippen molar-refractivity contribution in [3.63, 3.8) is 0 Å². The topological polar surface area (TPSA) is 46.0 Å². The van der Waals surface area contributed by atoms with Gasteiger partial charge in [0.15, 0.2) is 0 Å². The summed E-state index contributed by atoms with van der Waals surface area (Å²) in [4.78, 5) is 0.860. The van der Waals surface area contributed by atoms with Gasteiger partial charge in [0.05, 0.1) is 10.6 Å². The zero-order valence-corrected chi connectivity index (χ0v) is 12.0. The third-order valence-corrected chi connectivity index (χ3v) is 4.07. The van der Waals surface area contributed by atoms with E-state index < -0.39 is 6.10 Å². The minimum absolute atomic E-state index is 0.276. The Bertz CT molecular complexity index is 548. The minimum Gasteiger partial charge on any atom is -0.383 e. The molecule has 1 atom stereocenters. The van der Waals surface area contributed by atoms with Gasteiger partial charge in [0.2, 0.25) is 0 Å². The van der Waals surface area contributed by atoms with Crippen LogP contribution in [0.4, 0.5) is 0 Å². The summed E-state index contributed by atoms with van der Waals surface area (Å²) in [5.74, 6) is 0.276. The van der Waals surface area contributed by atoms with Crippen LogP contribution in [-0.4, -0.2) is 14.7 Å². The number of nitrogens with zero attached hydrogens (tertiary/aromatic N) is 2. The second kappa shape index (κ2) is 5.16. The summed E-state index contributed by atoms with van der Waals surface area (Å²) in [6, 6.07) is 6.00. The lowest BCUT2D eigenvalue weighted by Gasteiger charge is -2.15. The van der Waals surface area contributed by atoms with Gasteiger partial charge in [-0.05, 0) is 48.0 Å². The van der Waals surface area contributed by atoms with E-state index >= 15 is 0 Å². The molecule has 0 saturated carbocycles. The molecule has 1 heterocycles. The van der Waals surface area contributed by atoms with Crippen molar-refractivity contribution in [1.29, 1.82) is 0 Å². The van der Waals surface area contributed by atoms with Crippen LogP contribution in [0.2, 0.25) is 0 Å². The van der Waals surface area contributed by atoms with Crippen LogP contribution in [0.25, 0.3) is 0 Å². The first kappa shape index (κ1) is 13.2. The van der Waals surface area contributed by atoms with Gasteiger partial charge in [-0.25, -0.2) is 0 Å². The lowest BCUT2D eigenvalue weighted by molar-refractivity contribution is 0.221. The summed E-state index contributed by atoms with van der Waals surface area (Å²) in [6.07, 6.45) is -0.623. The highest BCUT2D eigenvalue weighted by Gasteiger charge is 2.22. The molecule has 1 N–H and O–H groups in total. The molecule has 0 aliphatic rings. The quantitative estimate of drug-likeness (QED) is 0.922. The van der Waals surface area contributed by atoms with Crippen LogP contribution in [0, 0.1) is 13.8 Å². The van der Waals surface area contributed by atoms with Crippen molar-refractivity contribution < 1.29 is 5.11 Å². The van der Waals surface area contributed by atoms with Gasteiger partial charge in [-0.3, -0.25) is 0 Å². The van der Waals surface area contributed by atoms with Crippen molar-refractivity contribution in [2.24, 2.45) is 0 Å². The molecule has 4 heteroatoms. The number of aryl methyl sites for hydroxylation is 1. The Morgan fingerprint density at radius 2 is 1.94 bits per heavy atom. The van der Waals surface area contributed by atoms with Crippen LogP contribution in [0.1, 0.15) is 53.1 Å².